The van der Waals surface area contributed by atoms with Gasteiger partial charge >= 0.3 is 0 Å². The molecule has 21 heavy (non-hydrogen) atoms. The first kappa shape index (κ1) is 16.1. The summed E-state index contributed by atoms with van der Waals surface area (Å²) in [6.07, 6.45) is 3.57. The van der Waals surface area contributed by atoms with Gasteiger partial charge in [0.1, 0.15) is 0 Å². The summed E-state index contributed by atoms with van der Waals surface area (Å²) in [5, 5.41) is 5.12. The summed E-state index contributed by atoms with van der Waals surface area (Å²) >= 11 is 0. The van der Waals surface area contributed by atoms with Crippen molar-refractivity contribution in [1.82, 2.24) is 4.90 Å². The largest absolute Gasteiger partial charge is 0.397 e. The third kappa shape index (κ3) is 3.14. The maximum Gasteiger partial charge on any atom is 0.238 e. The minimum atomic E-state index is -3.72. The Morgan fingerprint density at radius 2 is 1.86 bits per heavy atom. The van der Waals surface area contributed by atoms with Crippen molar-refractivity contribution in [2.24, 2.45) is 5.14 Å². The van der Waals surface area contributed by atoms with E-state index in [1.54, 1.807) is 6.07 Å². The summed E-state index contributed by atoms with van der Waals surface area (Å²) in [4.78, 5) is 4.40. The molecule has 0 radical (unpaired) electrons. The molecule has 4 N–H and O–H groups in total. The second kappa shape index (κ2) is 5.47. The number of sulfonamides is 1. The van der Waals surface area contributed by atoms with Crippen LogP contribution >= 0.6 is 0 Å². The maximum atomic E-state index is 11.3. The minimum Gasteiger partial charge on any atom is -0.397 e. The van der Waals surface area contributed by atoms with Crippen LogP contribution < -0.4 is 15.8 Å². The van der Waals surface area contributed by atoms with Gasteiger partial charge in [0, 0.05) is 19.1 Å². The van der Waals surface area contributed by atoms with Crippen molar-refractivity contribution in [3.05, 3.63) is 18.2 Å². The summed E-state index contributed by atoms with van der Waals surface area (Å²) in [7, 11) is 2.46. The maximum absolute atomic E-state index is 11.3. The summed E-state index contributed by atoms with van der Waals surface area (Å²) in [6, 6.07) is 4.64. The predicted octanol–water partition coefficient (Wildman–Crippen LogP) is 0.837. The summed E-state index contributed by atoms with van der Waals surface area (Å²) in [5.41, 5.74) is 7.44. The monoisotopic (exact) mass is 312 g/mol. The van der Waals surface area contributed by atoms with Crippen LogP contribution in [0.15, 0.2) is 23.1 Å². The summed E-state index contributed by atoms with van der Waals surface area (Å²) < 4.78 is 22.7. The van der Waals surface area contributed by atoms with Crippen molar-refractivity contribution >= 4 is 21.4 Å². The molecule has 7 heteroatoms. The van der Waals surface area contributed by atoms with Gasteiger partial charge in [0.15, 0.2) is 0 Å². The molecule has 0 unspecified atom stereocenters. The third-order valence-electron chi connectivity index (χ3n) is 4.50. The van der Waals surface area contributed by atoms with Crippen LogP contribution in [0, 0.1) is 0 Å². The second-order valence-corrected chi connectivity index (χ2v) is 7.66. The van der Waals surface area contributed by atoms with E-state index in [0.29, 0.717) is 5.69 Å². The molecular weight excluding hydrogens is 288 g/mol. The highest BCUT2D eigenvalue weighted by atomic mass is 32.2. The third-order valence-corrected chi connectivity index (χ3v) is 5.41. The normalized spacial score (nSPS) is 17.6. The number of benzene rings is 1. The number of nitrogens with zero attached hydrogens (tertiary/aromatic N) is 2. The van der Waals surface area contributed by atoms with Crippen molar-refractivity contribution in [2.75, 3.05) is 38.3 Å². The summed E-state index contributed by atoms with van der Waals surface area (Å²) in [5.74, 6) is 0. The van der Waals surface area contributed by atoms with Crippen molar-refractivity contribution in [2.45, 2.75) is 29.7 Å². The molecule has 1 aliphatic rings. The molecule has 1 aliphatic carbocycles. The molecule has 0 atom stereocenters. The lowest BCUT2D eigenvalue weighted by molar-refractivity contribution is 0.0683. The van der Waals surface area contributed by atoms with Gasteiger partial charge in [-0.15, -0.1) is 0 Å². The Morgan fingerprint density at radius 3 is 2.24 bits per heavy atom. The van der Waals surface area contributed by atoms with Gasteiger partial charge in [0.05, 0.1) is 16.3 Å². The Morgan fingerprint density at radius 1 is 1.24 bits per heavy atom. The Bertz CT molecular complexity index is 624. The van der Waals surface area contributed by atoms with E-state index in [9.17, 15) is 8.42 Å². The van der Waals surface area contributed by atoms with Crippen LogP contribution in [-0.2, 0) is 10.0 Å². The van der Waals surface area contributed by atoms with Crippen LogP contribution in [-0.4, -0.2) is 46.5 Å². The number of nitrogens with two attached hydrogens (primary N) is 2. The number of hydrogen-bond acceptors (Lipinski definition) is 5. The first-order valence-electron chi connectivity index (χ1n) is 6.97. The van der Waals surface area contributed by atoms with Crippen LogP contribution in [0.5, 0.6) is 0 Å². The van der Waals surface area contributed by atoms with E-state index in [1.165, 1.54) is 31.4 Å². The van der Waals surface area contributed by atoms with Gasteiger partial charge in [-0.25, -0.2) is 13.6 Å². The van der Waals surface area contributed by atoms with Crippen LogP contribution in [0.2, 0.25) is 0 Å². The lowest BCUT2D eigenvalue weighted by Crippen LogP contribution is -2.56. The molecule has 118 valence electrons. The van der Waals surface area contributed by atoms with E-state index in [-0.39, 0.29) is 10.4 Å². The van der Waals surface area contributed by atoms with Crippen molar-refractivity contribution in [3.63, 3.8) is 0 Å². The Hall–Kier alpha value is -1.31. The zero-order chi connectivity index (χ0) is 15.8. The van der Waals surface area contributed by atoms with Crippen LogP contribution in [0.4, 0.5) is 11.4 Å². The van der Waals surface area contributed by atoms with Crippen LogP contribution in [0.1, 0.15) is 19.3 Å². The molecule has 0 bridgehead atoms. The summed E-state index contributed by atoms with van der Waals surface area (Å²) in [6.45, 7) is 0.860. The molecule has 1 saturated carbocycles. The number of primary sulfonamides is 1. The molecule has 0 aliphatic heterocycles. The van der Waals surface area contributed by atoms with E-state index >= 15 is 0 Å². The number of anilines is 2. The highest BCUT2D eigenvalue weighted by Crippen LogP contribution is 2.38. The molecule has 0 amide bonds. The highest BCUT2D eigenvalue weighted by molar-refractivity contribution is 7.89. The highest BCUT2D eigenvalue weighted by Gasteiger charge is 2.40. The standard InChI is InChI=1S/C14H24N4O2S/c1-17(2)14(7-4-8-14)10-18(3)13-6-5-11(9-12(13)15)21(16,19)20/h5-6,9H,4,7-8,10,15H2,1-3H3,(H2,16,19,20). The number of nitrogen functional groups attached to an aromatic ring is 1. The number of rotatable bonds is 5. The van der Waals surface area contributed by atoms with Crippen molar-refractivity contribution in [1.29, 1.82) is 0 Å². The average Bonchev–Trinajstić information content (AvgIpc) is 2.31. The minimum absolute atomic E-state index is 0.0446. The zero-order valence-corrected chi connectivity index (χ0v) is 13.7. The van der Waals surface area contributed by atoms with E-state index in [4.69, 9.17) is 10.9 Å². The Balaban J connectivity index is 2.22. The number of likely N-dealkylation sites (N-methyl/N-ethyl adjacent to an activating group) is 2. The molecule has 0 aromatic heterocycles. The van der Waals surface area contributed by atoms with Gasteiger partial charge in [-0.1, -0.05) is 0 Å². The van der Waals surface area contributed by atoms with Gasteiger partial charge in [-0.3, -0.25) is 0 Å². The molecule has 1 aromatic carbocycles. The Labute approximate surface area is 126 Å². The van der Waals surface area contributed by atoms with Crippen molar-refractivity contribution in [3.8, 4) is 0 Å². The first-order valence-corrected chi connectivity index (χ1v) is 8.51. The van der Waals surface area contributed by atoms with Gasteiger partial charge < -0.3 is 15.5 Å². The fourth-order valence-electron chi connectivity index (χ4n) is 2.92. The van der Waals surface area contributed by atoms with E-state index in [2.05, 4.69) is 23.9 Å². The topological polar surface area (TPSA) is 92.7 Å². The molecule has 0 heterocycles. The van der Waals surface area contributed by atoms with E-state index < -0.39 is 10.0 Å². The van der Waals surface area contributed by atoms with E-state index in [1.807, 2.05) is 7.05 Å². The van der Waals surface area contributed by atoms with Gasteiger partial charge in [0.25, 0.3) is 0 Å². The lowest BCUT2D eigenvalue weighted by Gasteiger charge is -2.49. The SMILES string of the molecule is CN(CC1(N(C)C)CCC1)c1ccc(S(N)(=O)=O)cc1N. The molecule has 6 nitrogen and oxygen atoms in total. The quantitative estimate of drug-likeness (QED) is 0.786. The van der Waals surface area contributed by atoms with Gasteiger partial charge in [-0.2, -0.15) is 0 Å². The smallest absolute Gasteiger partial charge is 0.238 e. The fraction of sp³-hybridized carbons (Fsp3) is 0.571. The van der Waals surface area contributed by atoms with Crippen LogP contribution in [0.3, 0.4) is 0 Å². The molecule has 1 aromatic rings. The molecule has 0 saturated heterocycles. The molecule has 1 fully saturated rings. The van der Waals surface area contributed by atoms with Gasteiger partial charge in [-0.05, 0) is 51.6 Å². The average molecular weight is 312 g/mol. The molecular formula is C14H24N4O2S. The zero-order valence-electron chi connectivity index (χ0n) is 12.8. The predicted molar refractivity (Wildman–Crippen MR) is 85.8 cm³/mol. The number of hydrogen-bond donors (Lipinski definition) is 2. The molecule has 0 spiro atoms. The molecule has 2 rings (SSSR count). The second-order valence-electron chi connectivity index (χ2n) is 6.09. The fourth-order valence-corrected chi connectivity index (χ4v) is 3.46. The Kier molecular flexibility index (Phi) is 4.19. The van der Waals surface area contributed by atoms with Crippen molar-refractivity contribution < 1.29 is 8.42 Å². The van der Waals surface area contributed by atoms with Crippen LogP contribution in [0.25, 0.3) is 0 Å². The van der Waals surface area contributed by atoms with Gasteiger partial charge in [0.2, 0.25) is 10.0 Å². The lowest BCUT2D eigenvalue weighted by atomic mass is 9.75. The first-order chi connectivity index (χ1) is 9.66. The van der Waals surface area contributed by atoms with E-state index in [0.717, 1.165) is 12.2 Å².